The number of carbonyl (C=O) groups excluding carboxylic acids is 2. The van der Waals surface area contributed by atoms with Crippen molar-refractivity contribution >= 4 is 21.7 Å². The van der Waals surface area contributed by atoms with E-state index in [1.807, 2.05) is 58.0 Å². The van der Waals surface area contributed by atoms with Crippen LogP contribution in [0.4, 0.5) is 0 Å². The molecule has 5 atom stereocenters. The van der Waals surface area contributed by atoms with Gasteiger partial charge in [0.05, 0.1) is 18.3 Å². The summed E-state index contributed by atoms with van der Waals surface area (Å²) in [6.07, 6.45) is 4.08. The SMILES string of the molecule is CC[C@H](N)C(=O)N[C@H](C(=O)C1CCC[C@H]1CN([C@H](C)c1ccccc1)S(C)(=O)=O)C(C)C. The molecule has 2 rings (SSSR count). The van der Waals surface area contributed by atoms with Crippen LogP contribution >= 0.6 is 0 Å². The van der Waals surface area contributed by atoms with Crippen LogP contribution in [0.1, 0.15) is 65.0 Å². The first-order valence-corrected chi connectivity index (χ1v) is 13.4. The van der Waals surface area contributed by atoms with Crippen LogP contribution in [0.2, 0.25) is 0 Å². The molecule has 8 heteroatoms. The Labute approximate surface area is 193 Å². The van der Waals surface area contributed by atoms with E-state index in [4.69, 9.17) is 5.73 Å². The number of sulfonamides is 1. The van der Waals surface area contributed by atoms with Gasteiger partial charge in [0, 0.05) is 18.5 Å². The lowest BCUT2D eigenvalue weighted by molar-refractivity contribution is -0.132. The van der Waals surface area contributed by atoms with Crippen molar-refractivity contribution in [2.75, 3.05) is 12.8 Å². The van der Waals surface area contributed by atoms with Crippen molar-refractivity contribution in [3.8, 4) is 0 Å². The molecule has 1 aromatic rings. The minimum atomic E-state index is -3.48. The monoisotopic (exact) mass is 465 g/mol. The predicted molar refractivity (Wildman–Crippen MR) is 127 cm³/mol. The number of ketones is 1. The third-order valence-corrected chi connectivity index (χ3v) is 7.94. The molecule has 0 bridgehead atoms. The van der Waals surface area contributed by atoms with Gasteiger partial charge in [0.1, 0.15) is 0 Å². The Hall–Kier alpha value is -1.77. The van der Waals surface area contributed by atoms with Gasteiger partial charge in [0.25, 0.3) is 0 Å². The number of nitrogens with two attached hydrogens (primary N) is 1. The van der Waals surface area contributed by atoms with E-state index in [2.05, 4.69) is 5.32 Å². The summed E-state index contributed by atoms with van der Waals surface area (Å²) in [6, 6.07) is 7.93. The zero-order valence-corrected chi connectivity index (χ0v) is 20.8. The second kappa shape index (κ2) is 11.4. The minimum Gasteiger partial charge on any atom is -0.345 e. The number of nitrogens with zero attached hydrogens (tertiary/aromatic N) is 1. The second-order valence-electron chi connectivity index (χ2n) is 9.36. The average molecular weight is 466 g/mol. The topological polar surface area (TPSA) is 110 Å². The van der Waals surface area contributed by atoms with E-state index in [-0.39, 0.29) is 35.5 Å². The van der Waals surface area contributed by atoms with Crippen LogP contribution in [0.15, 0.2) is 30.3 Å². The third kappa shape index (κ3) is 6.62. The molecule has 1 amide bonds. The largest absolute Gasteiger partial charge is 0.345 e. The van der Waals surface area contributed by atoms with E-state index in [1.54, 1.807) is 0 Å². The second-order valence-corrected chi connectivity index (χ2v) is 11.3. The molecule has 1 aliphatic carbocycles. The molecule has 180 valence electrons. The maximum atomic E-state index is 13.5. The van der Waals surface area contributed by atoms with E-state index in [0.29, 0.717) is 19.4 Å². The fraction of sp³-hybridized carbons (Fsp3) is 0.667. The lowest BCUT2D eigenvalue weighted by Gasteiger charge is -2.33. The van der Waals surface area contributed by atoms with E-state index < -0.39 is 22.1 Å². The van der Waals surface area contributed by atoms with Crippen molar-refractivity contribution in [1.82, 2.24) is 9.62 Å². The zero-order valence-electron chi connectivity index (χ0n) is 20.0. The Bertz CT molecular complexity index is 872. The van der Waals surface area contributed by atoms with Crippen LogP contribution in [0.5, 0.6) is 0 Å². The van der Waals surface area contributed by atoms with Gasteiger partial charge in [-0.05, 0) is 43.6 Å². The first-order valence-electron chi connectivity index (χ1n) is 11.6. The van der Waals surface area contributed by atoms with E-state index in [0.717, 1.165) is 18.4 Å². The zero-order chi connectivity index (χ0) is 24.1. The van der Waals surface area contributed by atoms with Crippen LogP contribution < -0.4 is 11.1 Å². The Balaban J connectivity index is 2.22. The normalized spacial score (nSPS) is 22.0. The van der Waals surface area contributed by atoms with Gasteiger partial charge in [-0.1, -0.05) is 57.5 Å². The molecule has 1 unspecified atom stereocenters. The molecule has 0 aliphatic heterocycles. The molecular weight excluding hydrogens is 426 g/mol. The summed E-state index contributed by atoms with van der Waals surface area (Å²) in [4.78, 5) is 25.9. The van der Waals surface area contributed by atoms with E-state index in [9.17, 15) is 18.0 Å². The van der Waals surface area contributed by atoms with Crippen molar-refractivity contribution < 1.29 is 18.0 Å². The minimum absolute atomic E-state index is 0.0139. The Morgan fingerprint density at radius 1 is 1.16 bits per heavy atom. The maximum Gasteiger partial charge on any atom is 0.237 e. The number of carbonyl (C=O) groups is 2. The lowest BCUT2D eigenvalue weighted by Crippen LogP contribution is -2.52. The molecule has 1 saturated carbocycles. The van der Waals surface area contributed by atoms with Crippen molar-refractivity contribution in [3.63, 3.8) is 0 Å². The van der Waals surface area contributed by atoms with Gasteiger partial charge in [-0.3, -0.25) is 9.59 Å². The standard InChI is InChI=1S/C24H39N3O4S/c1-6-21(25)24(29)26-22(16(2)3)23(28)20-14-10-13-19(20)15-27(32(5,30)31)17(4)18-11-8-7-9-12-18/h7-9,11-12,16-17,19-22H,6,10,13-15,25H2,1-5H3,(H,26,29)/t17-,19+,20?,21+,22+/m1/s1. The average Bonchev–Trinajstić information content (AvgIpc) is 3.22. The quantitative estimate of drug-likeness (QED) is 0.522. The molecule has 32 heavy (non-hydrogen) atoms. The molecule has 1 fully saturated rings. The molecule has 0 radical (unpaired) electrons. The van der Waals surface area contributed by atoms with E-state index in [1.165, 1.54) is 10.6 Å². The first-order chi connectivity index (χ1) is 15.0. The molecule has 0 saturated heterocycles. The summed E-state index contributed by atoms with van der Waals surface area (Å²) < 4.78 is 26.9. The molecule has 1 aliphatic rings. The molecule has 0 aromatic heterocycles. The van der Waals surface area contributed by atoms with Crippen molar-refractivity contribution in [3.05, 3.63) is 35.9 Å². The number of amides is 1. The Kier molecular flexibility index (Phi) is 9.42. The van der Waals surface area contributed by atoms with Gasteiger partial charge in [0.2, 0.25) is 15.9 Å². The Morgan fingerprint density at radius 2 is 1.78 bits per heavy atom. The van der Waals surface area contributed by atoms with E-state index >= 15 is 0 Å². The van der Waals surface area contributed by atoms with Crippen LogP contribution in [0.25, 0.3) is 0 Å². The molecule has 0 spiro atoms. The van der Waals surface area contributed by atoms with Crippen LogP contribution in [-0.4, -0.2) is 49.3 Å². The summed E-state index contributed by atoms with van der Waals surface area (Å²) in [5.41, 5.74) is 6.77. The van der Waals surface area contributed by atoms with Gasteiger partial charge >= 0.3 is 0 Å². The predicted octanol–water partition coefficient (Wildman–Crippen LogP) is 2.87. The first kappa shape index (κ1) is 26.5. The number of hydrogen-bond acceptors (Lipinski definition) is 5. The molecule has 0 heterocycles. The van der Waals surface area contributed by atoms with Gasteiger partial charge in [0.15, 0.2) is 5.78 Å². The Morgan fingerprint density at radius 3 is 2.31 bits per heavy atom. The number of rotatable bonds is 11. The van der Waals surface area contributed by atoms with Crippen LogP contribution in [0.3, 0.4) is 0 Å². The molecular formula is C24H39N3O4S. The third-order valence-electron chi connectivity index (χ3n) is 6.63. The van der Waals surface area contributed by atoms with Crippen LogP contribution in [-0.2, 0) is 19.6 Å². The summed E-state index contributed by atoms with van der Waals surface area (Å²) >= 11 is 0. The highest BCUT2D eigenvalue weighted by molar-refractivity contribution is 7.88. The smallest absolute Gasteiger partial charge is 0.237 e. The molecule has 3 N–H and O–H groups in total. The van der Waals surface area contributed by atoms with Crippen molar-refractivity contribution in [2.45, 2.75) is 71.5 Å². The number of nitrogens with one attached hydrogen (secondary N) is 1. The summed E-state index contributed by atoms with van der Waals surface area (Å²) in [6.45, 7) is 7.82. The number of Topliss-reactive ketones (excluding diaryl/α,β-unsaturated/α-hetero) is 1. The van der Waals surface area contributed by atoms with Crippen molar-refractivity contribution in [2.24, 2.45) is 23.5 Å². The van der Waals surface area contributed by atoms with Crippen molar-refractivity contribution in [1.29, 1.82) is 0 Å². The molecule has 1 aromatic carbocycles. The fourth-order valence-electron chi connectivity index (χ4n) is 4.58. The van der Waals surface area contributed by atoms with Gasteiger partial charge < -0.3 is 11.1 Å². The molecule has 7 nitrogen and oxygen atoms in total. The maximum absolute atomic E-state index is 13.5. The van der Waals surface area contributed by atoms with Gasteiger partial charge in [-0.15, -0.1) is 0 Å². The lowest BCUT2D eigenvalue weighted by atomic mass is 9.84. The van der Waals surface area contributed by atoms with Gasteiger partial charge in [-0.2, -0.15) is 4.31 Å². The van der Waals surface area contributed by atoms with Crippen LogP contribution in [0, 0.1) is 17.8 Å². The highest BCUT2D eigenvalue weighted by Gasteiger charge is 2.40. The highest BCUT2D eigenvalue weighted by Crippen LogP contribution is 2.37. The summed E-state index contributed by atoms with van der Waals surface area (Å²) in [7, 11) is -3.48. The summed E-state index contributed by atoms with van der Waals surface area (Å²) in [5, 5.41) is 2.85. The highest BCUT2D eigenvalue weighted by atomic mass is 32.2. The number of hydrogen-bond donors (Lipinski definition) is 2. The fourth-order valence-corrected chi connectivity index (χ4v) is 5.74. The van der Waals surface area contributed by atoms with Gasteiger partial charge in [-0.25, -0.2) is 8.42 Å². The summed E-state index contributed by atoms with van der Waals surface area (Å²) in [5.74, 6) is -0.773. The number of benzene rings is 1.